The highest BCUT2D eigenvalue weighted by Gasteiger charge is 2.28. The fourth-order valence-corrected chi connectivity index (χ4v) is 1.91. The summed E-state index contributed by atoms with van der Waals surface area (Å²) < 4.78 is 4.95. The van der Waals surface area contributed by atoms with Gasteiger partial charge in [-0.15, -0.1) is 11.3 Å². The van der Waals surface area contributed by atoms with Crippen LogP contribution in [0.5, 0.6) is 0 Å². The molecule has 0 fully saturated rings. The van der Waals surface area contributed by atoms with Crippen LogP contribution in [0.3, 0.4) is 0 Å². The molecule has 84 valence electrons. The van der Waals surface area contributed by atoms with Crippen molar-refractivity contribution in [2.75, 3.05) is 7.11 Å². The molecule has 0 aliphatic rings. The zero-order valence-electron chi connectivity index (χ0n) is 9.11. The highest BCUT2D eigenvalue weighted by atomic mass is 32.1. The van der Waals surface area contributed by atoms with Gasteiger partial charge in [0.15, 0.2) is 0 Å². The average molecular weight is 229 g/mol. The number of methoxy groups -OCH3 is 1. The Balaban J connectivity index is 2.68. The van der Waals surface area contributed by atoms with Crippen LogP contribution in [0.15, 0.2) is 5.38 Å². The molecule has 0 saturated carbocycles. The molecule has 0 bridgehead atoms. The van der Waals surface area contributed by atoms with E-state index in [-0.39, 0.29) is 0 Å². The van der Waals surface area contributed by atoms with Crippen LogP contribution in [-0.2, 0) is 22.6 Å². The van der Waals surface area contributed by atoms with Crippen molar-refractivity contribution in [3.63, 3.8) is 0 Å². The smallest absolute Gasteiger partial charge is 0.309 e. The molecule has 15 heavy (non-hydrogen) atoms. The van der Waals surface area contributed by atoms with E-state index in [1.807, 2.05) is 5.38 Å². The quantitative estimate of drug-likeness (QED) is 0.838. The molecular formula is C10H15NO3S. The first-order valence-electron chi connectivity index (χ1n) is 4.61. The summed E-state index contributed by atoms with van der Waals surface area (Å²) >= 11 is 1.50. The number of aliphatic carboxylic acids is 1. The summed E-state index contributed by atoms with van der Waals surface area (Å²) in [6.45, 7) is 3.88. The zero-order valence-corrected chi connectivity index (χ0v) is 9.93. The standard InChI is InChI=1S/C10H15NO3S/c1-10(2,9(12)13)4-7-6-15-8(11-7)5-14-3/h6H,4-5H2,1-3H3,(H,12,13). The zero-order chi connectivity index (χ0) is 11.5. The minimum Gasteiger partial charge on any atom is -0.481 e. The van der Waals surface area contributed by atoms with Gasteiger partial charge in [-0.05, 0) is 13.8 Å². The van der Waals surface area contributed by atoms with Gasteiger partial charge in [-0.3, -0.25) is 4.79 Å². The van der Waals surface area contributed by atoms with Crippen LogP contribution in [0.1, 0.15) is 24.5 Å². The second-order valence-corrected chi connectivity index (χ2v) is 4.97. The van der Waals surface area contributed by atoms with Crippen LogP contribution in [0, 0.1) is 5.41 Å². The van der Waals surface area contributed by atoms with E-state index >= 15 is 0 Å². The van der Waals surface area contributed by atoms with Crippen LogP contribution in [0.2, 0.25) is 0 Å². The van der Waals surface area contributed by atoms with Crippen molar-refractivity contribution in [3.05, 3.63) is 16.1 Å². The lowest BCUT2D eigenvalue weighted by atomic mass is 9.88. The first-order chi connectivity index (χ1) is 6.95. The summed E-state index contributed by atoms with van der Waals surface area (Å²) in [4.78, 5) is 15.2. The summed E-state index contributed by atoms with van der Waals surface area (Å²) in [5.41, 5.74) is 0.0535. The Kier molecular flexibility index (Phi) is 3.82. The summed E-state index contributed by atoms with van der Waals surface area (Å²) in [5.74, 6) is -0.802. The van der Waals surface area contributed by atoms with Crippen molar-refractivity contribution in [3.8, 4) is 0 Å². The molecule has 0 saturated heterocycles. The number of thiazole rings is 1. The highest BCUT2D eigenvalue weighted by Crippen LogP contribution is 2.23. The number of ether oxygens (including phenoxy) is 1. The third kappa shape index (κ3) is 3.28. The molecule has 0 radical (unpaired) electrons. The lowest BCUT2D eigenvalue weighted by Gasteiger charge is -2.16. The first kappa shape index (κ1) is 12.1. The lowest BCUT2D eigenvalue weighted by molar-refractivity contribution is -0.146. The largest absolute Gasteiger partial charge is 0.481 e. The molecule has 1 N–H and O–H groups in total. The van der Waals surface area contributed by atoms with Gasteiger partial charge in [-0.1, -0.05) is 0 Å². The van der Waals surface area contributed by atoms with Gasteiger partial charge in [0.2, 0.25) is 0 Å². The van der Waals surface area contributed by atoms with Crippen molar-refractivity contribution in [2.24, 2.45) is 5.41 Å². The molecule has 0 atom stereocenters. The van der Waals surface area contributed by atoms with E-state index in [0.717, 1.165) is 10.7 Å². The number of nitrogens with zero attached hydrogens (tertiary/aromatic N) is 1. The van der Waals surface area contributed by atoms with Crippen LogP contribution in [-0.4, -0.2) is 23.2 Å². The molecule has 5 heteroatoms. The molecule has 1 rings (SSSR count). The Hall–Kier alpha value is -0.940. The van der Waals surface area contributed by atoms with Crippen molar-refractivity contribution in [1.29, 1.82) is 0 Å². The van der Waals surface area contributed by atoms with Gasteiger partial charge in [0.1, 0.15) is 5.01 Å². The molecule has 0 aliphatic heterocycles. The number of carbonyl (C=O) groups is 1. The molecule has 0 aliphatic carbocycles. The SMILES string of the molecule is COCc1nc(CC(C)(C)C(=O)O)cs1. The lowest BCUT2D eigenvalue weighted by Crippen LogP contribution is -2.26. The van der Waals surface area contributed by atoms with Gasteiger partial charge in [0.05, 0.1) is 17.7 Å². The van der Waals surface area contributed by atoms with Crippen molar-refractivity contribution < 1.29 is 14.6 Å². The number of hydrogen-bond acceptors (Lipinski definition) is 4. The Morgan fingerprint density at radius 3 is 2.87 bits per heavy atom. The van der Waals surface area contributed by atoms with Crippen molar-refractivity contribution >= 4 is 17.3 Å². The Labute approximate surface area is 92.9 Å². The van der Waals surface area contributed by atoms with Crippen molar-refractivity contribution in [2.45, 2.75) is 26.9 Å². The fourth-order valence-electron chi connectivity index (χ4n) is 1.15. The fraction of sp³-hybridized carbons (Fsp3) is 0.600. The Morgan fingerprint density at radius 1 is 1.67 bits per heavy atom. The van der Waals surface area contributed by atoms with Crippen molar-refractivity contribution in [1.82, 2.24) is 4.98 Å². The van der Waals surface area contributed by atoms with Crippen LogP contribution in [0.4, 0.5) is 0 Å². The Bertz CT molecular complexity index is 346. The second kappa shape index (κ2) is 4.72. The number of rotatable bonds is 5. The molecule has 1 aromatic heterocycles. The number of hydrogen-bond donors (Lipinski definition) is 1. The van der Waals surface area contributed by atoms with Gasteiger partial charge in [0.25, 0.3) is 0 Å². The number of carboxylic acid groups (broad SMARTS) is 1. The second-order valence-electron chi connectivity index (χ2n) is 4.03. The first-order valence-corrected chi connectivity index (χ1v) is 5.49. The minimum absolute atomic E-state index is 0.447. The maximum atomic E-state index is 10.9. The van der Waals surface area contributed by atoms with E-state index < -0.39 is 11.4 Å². The summed E-state index contributed by atoms with van der Waals surface area (Å²) in [6.07, 6.45) is 0.447. The van der Waals surface area contributed by atoms with E-state index in [4.69, 9.17) is 9.84 Å². The molecule has 1 heterocycles. The molecule has 0 aromatic carbocycles. The third-order valence-corrected chi connectivity index (χ3v) is 2.94. The number of carboxylic acids is 1. The summed E-state index contributed by atoms with van der Waals surface area (Å²) in [7, 11) is 1.61. The van der Waals surface area contributed by atoms with E-state index in [0.29, 0.717) is 13.0 Å². The topological polar surface area (TPSA) is 59.4 Å². The van der Waals surface area contributed by atoms with E-state index in [9.17, 15) is 4.79 Å². The highest BCUT2D eigenvalue weighted by molar-refractivity contribution is 7.09. The monoisotopic (exact) mass is 229 g/mol. The molecule has 0 unspecified atom stereocenters. The van der Waals surface area contributed by atoms with E-state index in [1.165, 1.54) is 11.3 Å². The number of aromatic nitrogens is 1. The average Bonchev–Trinajstić information content (AvgIpc) is 2.52. The Morgan fingerprint density at radius 2 is 2.33 bits per heavy atom. The van der Waals surface area contributed by atoms with Crippen LogP contribution in [0.25, 0.3) is 0 Å². The minimum atomic E-state index is -0.802. The molecule has 0 amide bonds. The van der Waals surface area contributed by atoms with Crippen LogP contribution >= 0.6 is 11.3 Å². The van der Waals surface area contributed by atoms with E-state index in [1.54, 1.807) is 21.0 Å². The van der Waals surface area contributed by atoms with Gasteiger partial charge >= 0.3 is 5.97 Å². The normalized spacial score (nSPS) is 11.7. The van der Waals surface area contributed by atoms with Gasteiger partial charge in [-0.25, -0.2) is 4.98 Å². The van der Waals surface area contributed by atoms with E-state index in [2.05, 4.69) is 4.98 Å². The molecule has 4 nitrogen and oxygen atoms in total. The van der Waals surface area contributed by atoms with Crippen LogP contribution < -0.4 is 0 Å². The molecule has 1 aromatic rings. The summed E-state index contributed by atoms with van der Waals surface area (Å²) in [5, 5.41) is 11.7. The molecule has 0 spiro atoms. The maximum absolute atomic E-state index is 10.9. The van der Waals surface area contributed by atoms with Gasteiger partial charge in [-0.2, -0.15) is 0 Å². The molecular weight excluding hydrogens is 214 g/mol. The van der Waals surface area contributed by atoms with Gasteiger partial charge in [0, 0.05) is 18.9 Å². The maximum Gasteiger partial charge on any atom is 0.309 e. The third-order valence-electron chi connectivity index (χ3n) is 2.07. The summed E-state index contributed by atoms with van der Waals surface area (Å²) in [6, 6.07) is 0. The van der Waals surface area contributed by atoms with Gasteiger partial charge < -0.3 is 9.84 Å². The predicted molar refractivity (Wildman–Crippen MR) is 57.9 cm³/mol. The predicted octanol–water partition coefficient (Wildman–Crippen LogP) is 1.94.